The zero-order valence-electron chi connectivity index (χ0n) is 8.23. The third-order valence-corrected chi connectivity index (χ3v) is 5.17. The first-order valence-electron chi connectivity index (χ1n) is 4.63. The second-order valence-corrected chi connectivity index (χ2v) is 6.65. The maximum absolute atomic E-state index is 12.0. The van der Waals surface area contributed by atoms with Crippen LogP contribution >= 0.6 is 15.9 Å². The minimum atomic E-state index is -3.19. The molecule has 0 heterocycles. The summed E-state index contributed by atoms with van der Waals surface area (Å²) in [5, 5.41) is -0.208. The van der Waals surface area contributed by atoms with E-state index in [1.165, 1.54) is 7.11 Å². The van der Waals surface area contributed by atoms with Gasteiger partial charge in [0.1, 0.15) is 10.6 Å². The van der Waals surface area contributed by atoms with Gasteiger partial charge in [-0.3, -0.25) is 0 Å². The average Bonchev–Trinajstić information content (AvgIpc) is 3.01. The fourth-order valence-electron chi connectivity index (χ4n) is 1.43. The number of benzene rings is 1. The van der Waals surface area contributed by atoms with Crippen molar-refractivity contribution in [1.82, 2.24) is 0 Å². The van der Waals surface area contributed by atoms with E-state index in [1.54, 1.807) is 18.2 Å². The van der Waals surface area contributed by atoms with Gasteiger partial charge in [0.05, 0.1) is 12.4 Å². The lowest BCUT2D eigenvalue weighted by Crippen LogP contribution is -2.08. The molecule has 0 aliphatic heterocycles. The summed E-state index contributed by atoms with van der Waals surface area (Å²) in [4.78, 5) is 0.293. The maximum atomic E-state index is 12.0. The number of methoxy groups -OCH3 is 1. The van der Waals surface area contributed by atoms with E-state index < -0.39 is 9.84 Å². The largest absolute Gasteiger partial charge is 0.495 e. The minimum absolute atomic E-state index is 0.208. The van der Waals surface area contributed by atoms with E-state index in [9.17, 15) is 8.42 Å². The molecule has 1 aliphatic carbocycles. The quantitative estimate of drug-likeness (QED) is 0.859. The fourth-order valence-corrected chi connectivity index (χ4v) is 3.78. The molecule has 15 heavy (non-hydrogen) atoms. The van der Waals surface area contributed by atoms with Crippen molar-refractivity contribution in [3.05, 3.63) is 22.7 Å². The number of hydrogen-bond donors (Lipinski definition) is 0. The lowest BCUT2D eigenvalue weighted by atomic mass is 10.3. The van der Waals surface area contributed by atoms with Gasteiger partial charge in [-0.25, -0.2) is 8.42 Å². The predicted molar refractivity (Wildman–Crippen MR) is 60.9 cm³/mol. The van der Waals surface area contributed by atoms with E-state index in [0.29, 0.717) is 10.6 Å². The molecular weight excluding hydrogens is 280 g/mol. The zero-order chi connectivity index (χ0) is 11.1. The second-order valence-electron chi connectivity index (χ2n) is 3.54. The van der Waals surface area contributed by atoms with Crippen molar-refractivity contribution >= 4 is 25.8 Å². The first-order valence-corrected chi connectivity index (χ1v) is 6.97. The summed E-state index contributed by atoms with van der Waals surface area (Å²) < 4.78 is 29.9. The number of ether oxygens (including phenoxy) is 1. The molecule has 0 amide bonds. The van der Waals surface area contributed by atoms with E-state index in [4.69, 9.17) is 4.74 Å². The Labute approximate surface area is 97.5 Å². The smallest absolute Gasteiger partial charge is 0.184 e. The van der Waals surface area contributed by atoms with Crippen LogP contribution < -0.4 is 4.74 Å². The van der Waals surface area contributed by atoms with Crippen molar-refractivity contribution in [2.45, 2.75) is 23.0 Å². The van der Waals surface area contributed by atoms with Crippen LogP contribution in [0.1, 0.15) is 12.8 Å². The standard InChI is InChI=1S/C10H11BrO3S/c1-14-9-5-2-7(11)6-10(9)15(12,13)8-3-4-8/h2,5-6,8H,3-4H2,1H3. The van der Waals surface area contributed by atoms with Crippen molar-refractivity contribution in [2.75, 3.05) is 7.11 Å². The Bertz CT molecular complexity index is 477. The molecule has 0 bridgehead atoms. The van der Waals surface area contributed by atoms with Crippen molar-refractivity contribution in [2.24, 2.45) is 0 Å². The molecule has 82 valence electrons. The van der Waals surface area contributed by atoms with Crippen LogP contribution in [-0.4, -0.2) is 20.8 Å². The third kappa shape index (κ3) is 2.03. The highest BCUT2D eigenvalue weighted by atomic mass is 79.9. The molecular formula is C10H11BrO3S. The molecule has 1 aliphatic rings. The highest BCUT2D eigenvalue weighted by molar-refractivity contribution is 9.10. The van der Waals surface area contributed by atoms with Gasteiger partial charge < -0.3 is 4.74 Å². The molecule has 0 spiro atoms. The lowest BCUT2D eigenvalue weighted by molar-refractivity contribution is 0.402. The summed E-state index contributed by atoms with van der Waals surface area (Å²) >= 11 is 3.27. The summed E-state index contributed by atoms with van der Waals surface area (Å²) in [6.45, 7) is 0. The van der Waals surface area contributed by atoms with Crippen LogP contribution in [-0.2, 0) is 9.84 Å². The van der Waals surface area contributed by atoms with Crippen LogP contribution in [0, 0.1) is 0 Å². The normalized spacial score (nSPS) is 16.4. The highest BCUT2D eigenvalue weighted by Crippen LogP contribution is 2.38. The van der Waals surface area contributed by atoms with E-state index in [-0.39, 0.29) is 5.25 Å². The van der Waals surface area contributed by atoms with Crippen LogP contribution in [0.15, 0.2) is 27.6 Å². The molecule has 0 N–H and O–H groups in total. The van der Waals surface area contributed by atoms with Crippen LogP contribution in [0.2, 0.25) is 0 Å². The van der Waals surface area contributed by atoms with Gasteiger partial charge in [-0.15, -0.1) is 0 Å². The van der Waals surface area contributed by atoms with Gasteiger partial charge >= 0.3 is 0 Å². The van der Waals surface area contributed by atoms with Gasteiger partial charge in [-0.2, -0.15) is 0 Å². The average molecular weight is 291 g/mol. The monoisotopic (exact) mass is 290 g/mol. The molecule has 1 aromatic carbocycles. The van der Waals surface area contributed by atoms with Crippen LogP contribution in [0.5, 0.6) is 5.75 Å². The van der Waals surface area contributed by atoms with E-state index in [2.05, 4.69) is 15.9 Å². The molecule has 3 nitrogen and oxygen atoms in total. The van der Waals surface area contributed by atoms with Gasteiger partial charge in [-0.05, 0) is 31.0 Å². The van der Waals surface area contributed by atoms with Crippen LogP contribution in [0.25, 0.3) is 0 Å². The number of halogens is 1. The van der Waals surface area contributed by atoms with Gasteiger partial charge in [0.25, 0.3) is 0 Å². The molecule has 0 unspecified atom stereocenters. The van der Waals surface area contributed by atoms with Crippen molar-refractivity contribution in [3.63, 3.8) is 0 Å². The maximum Gasteiger partial charge on any atom is 0.184 e. The molecule has 0 saturated heterocycles. The van der Waals surface area contributed by atoms with E-state index in [1.807, 2.05) is 0 Å². The highest BCUT2D eigenvalue weighted by Gasteiger charge is 2.38. The summed E-state index contributed by atoms with van der Waals surface area (Å²) in [6, 6.07) is 5.04. The molecule has 1 fully saturated rings. The zero-order valence-corrected chi connectivity index (χ0v) is 10.6. The Kier molecular flexibility index (Phi) is 2.77. The van der Waals surface area contributed by atoms with Crippen molar-refractivity contribution in [3.8, 4) is 5.75 Å². The van der Waals surface area contributed by atoms with Crippen molar-refractivity contribution in [1.29, 1.82) is 0 Å². The number of rotatable bonds is 3. The topological polar surface area (TPSA) is 43.4 Å². The molecule has 5 heteroatoms. The Hall–Kier alpha value is -0.550. The number of hydrogen-bond acceptors (Lipinski definition) is 3. The van der Waals surface area contributed by atoms with Crippen LogP contribution in [0.4, 0.5) is 0 Å². The predicted octanol–water partition coefficient (Wildman–Crippen LogP) is 2.39. The Morgan fingerprint density at radius 3 is 2.60 bits per heavy atom. The van der Waals surface area contributed by atoms with Gasteiger partial charge in [0.2, 0.25) is 0 Å². The van der Waals surface area contributed by atoms with Gasteiger partial charge in [0.15, 0.2) is 9.84 Å². The SMILES string of the molecule is COc1ccc(Br)cc1S(=O)(=O)C1CC1. The Balaban J connectivity index is 2.54. The Morgan fingerprint density at radius 1 is 1.40 bits per heavy atom. The Morgan fingerprint density at radius 2 is 2.07 bits per heavy atom. The molecule has 2 rings (SSSR count). The summed E-state index contributed by atoms with van der Waals surface area (Å²) in [5.41, 5.74) is 0. The first-order chi connectivity index (χ1) is 7.05. The molecule has 1 aromatic rings. The molecule has 0 aromatic heterocycles. The number of sulfone groups is 1. The minimum Gasteiger partial charge on any atom is -0.495 e. The van der Waals surface area contributed by atoms with Crippen LogP contribution in [0.3, 0.4) is 0 Å². The van der Waals surface area contributed by atoms with Gasteiger partial charge in [0, 0.05) is 4.47 Å². The first kappa shape index (κ1) is 11.0. The third-order valence-electron chi connectivity index (χ3n) is 2.40. The summed E-state index contributed by atoms with van der Waals surface area (Å²) in [7, 11) is -1.70. The molecule has 1 saturated carbocycles. The second kappa shape index (κ2) is 3.79. The van der Waals surface area contributed by atoms with Gasteiger partial charge in [-0.1, -0.05) is 15.9 Å². The van der Waals surface area contributed by atoms with Crippen molar-refractivity contribution < 1.29 is 13.2 Å². The summed E-state index contributed by atoms with van der Waals surface area (Å²) in [6.07, 6.45) is 1.52. The summed E-state index contributed by atoms with van der Waals surface area (Å²) in [5.74, 6) is 0.421. The lowest BCUT2D eigenvalue weighted by Gasteiger charge is -2.08. The fraction of sp³-hybridized carbons (Fsp3) is 0.400. The van der Waals surface area contributed by atoms with E-state index >= 15 is 0 Å². The molecule has 0 atom stereocenters. The molecule has 0 radical (unpaired) electrons. The van der Waals surface area contributed by atoms with E-state index in [0.717, 1.165) is 17.3 Å².